The van der Waals surface area contributed by atoms with E-state index in [0.29, 0.717) is 24.1 Å². The summed E-state index contributed by atoms with van der Waals surface area (Å²) < 4.78 is 7.74. The van der Waals surface area contributed by atoms with Crippen molar-refractivity contribution in [3.05, 3.63) is 27.8 Å². The normalized spacial score (nSPS) is 10.8. The van der Waals surface area contributed by atoms with E-state index in [1.165, 1.54) is 0 Å². The molecule has 8 heteroatoms. The number of anilines is 1. The molecule has 2 aromatic heterocycles. The van der Waals surface area contributed by atoms with Crippen LogP contribution in [0.2, 0.25) is 0 Å². The molecule has 0 radical (unpaired) electrons. The lowest BCUT2D eigenvalue weighted by Gasteiger charge is -2.08. The fourth-order valence-electron chi connectivity index (χ4n) is 1.71. The summed E-state index contributed by atoms with van der Waals surface area (Å²) in [6, 6.07) is 1.73. The Morgan fingerprint density at radius 2 is 2.16 bits per heavy atom. The number of rotatable bonds is 4. The van der Waals surface area contributed by atoms with Crippen molar-refractivity contribution in [3.8, 4) is 5.82 Å². The number of nitrogen functional groups attached to an aromatic ring is 1. The Hall–Kier alpha value is -1.51. The second-order valence-corrected chi connectivity index (χ2v) is 4.79. The fraction of sp³-hybridized carbons (Fsp3) is 0.364. The number of nitrogens with one attached hydrogen (secondary N) is 1. The molecule has 2 rings (SSSR count). The van der Waals surface area contributed by atoms with E-state index in [9.17, 15) is 0 Å². The van der Waals surface area contributed by atoms with Crippen molar-refractivity contribution >= 4 is 21.7 Å². The third-order valence-corrected chi connectivity index (χ3v) is 3.75. The average Bonchev–Trinajstić information content (AvgIpc) is 2.66. The van der Waals surface area contributed by atoms with E-state index < -0.39 is 0 Å². The van der Waals surface area contributed by atoms with E-state index in [-0.39, 0.29) is 0 Å². The predicted octanol–water partition coefficient (Wildman–Crippen LogP) is 1.47. The van der Waals surface area contributed by atoms with Crippen LogP contribution < -0.4 is 11.3 Å². The molecule has 0 amide bonds. The molecule has 2 heterocycles. The maximum atomic E-state index is 5.41. The van der Waals surface area contributed by atoms with Gasteiger partial charge in [0.1, 0.15) is 12.4 Å². The number of nitrogens with two attached hydrogens (primary N) is 1. The fourth-order valence-corrected chi connectivity index (χ4v) is 1.95. The molecule has 0 aliphatic rings. The lowest BCUT2D eigenvalue weighted by Crippen LogP contribution is -2.13. The van der Waals surface area contributed by atoms with Crippen molar-refractivity contribution in [1.82, 2.24) is 19.7 Å². The highest BCUT2D eigenvalue weighted by Crippen LogP contribution is 2.23. The van der Waals surface area contributed by atoms with Gasteiger partial charge in [-0.2, -0.15) is 5.10 Å². The summed E-state index contributed by atoms with van der Waals surface area (Å²) >= 11 is 3.49. The van der Waals surface area contributed by atoms with E-state index in [1.807, 2.05) is 13.8 Å². The number of methoxy groups -OCH3 is 1. The first kappa shape index (κ1) is 13.9. The topological polar surface area (TPSA) is 90.9 Å². The molecule has 19 heavy (non-hydrogen) atoms. The summed E-state index contributed by atoms with van der Waals surface area (Å²) in [7, 11) is 1.59. The number of hydrazine groups is 1. The highest BCUT2D eigenvalue weighted by molar-refractivity contribution is 9.10. The molecule has 0 saturated heterocycles. The van der Waals surface area contributed by atoms with Crippen LogP contribution in [0.5, 0.6) is 0 Å². The number of nitrogens with zero attached hydrogens (tertiary/aromatic N) is 4. The number of halogens is 1. The van der Waals surface area contributed by atoms with Crippen LogP contribution in [0.1, 0.15) is 17.2 Å². The molecule has 2 aromatic rings. The molecule has 0 bridgehead atoms. The predicted molar refractivity (Wildman–Crippen MR) is 74.9 cm³/mol. The summed E-state index contributed by atoms with van der Waals surface area (Å²) in [6.45, 7) is 4.19. The number of hydrogen-bond acceptors (Lipinski definition) is 6. The Morgan fingerprint density at radius 1 is 1.42 bits per heavy atom. The molecule has 0 saturated carbocycles. The first-order chi connectivity index (χ1) is 9.06. The Balaban J connectivity index is 2.54. The molecule has 3 N–H and O–H groups in total. The van der Waals surface area contributed by atoms with Gasteiger partial charge in [0.25, 0.3) is 0 Å². The van der Waals surface area contributed by atoms with Gasteiger partial charge >= 0.3 is 0 Å². The van der Waals surface area contributed by atoms with Crippen LogP contribution in [0.25, 0.3) is 5.82 Å². The maximum absolute atomic E-state index is 5.41. The van der Waals surface area contributed by atoms with E-state index in [4.69, 9.17) is 10.6 Å². The summed E-state index contributed by atoms with van der Waals surface area (Å²) in [5, 5.41) is 4.43. The molecular weight excluding hydrogens is 312 g/mol. The SMILES string of the molecule is COCc1nc(NN)cc(-n2nc(C)c(Br)c2C)n1. The van der Waals surface area contributed by atoms with Crippen LogP contribution in [0, 0.1) is 13.8 Å². The van der Waals surface area contributed by atoms with E-state index in [0.717, 1.165) is 15.9 Å². The second kappa shape index (κ2) is 5.64. The van der Waals surface area contributed by atoms with Crippen LogP contribution in [-0.4, -0.2) is 26.9 Å². The Labute approximate surface area is 119 Å². The minimum atomic E-state index is 0.309. The first-order valence-corrected chi connectivity index (χ1v) is 6.41. The summed E-state index contributed by atoms with van der Waals surface area (Å²) in [6.07, 6.45) is 0. The summed E-state index contributed by atoms with van der Waals surface area (Å²) in [5.41, 5.74) is 4.37. The largest absolute Gasteiger partial charge is 0.377 e. The Morgan fingerprint density at radius 3 is 2.68 bits per heavy atom. The van der Waals surface area contributed by atoms with Crippen LogP contribution in [-0.2, 0) is 11.3 Å². The molecule has 0 unspecified atom stereocenters. The van der Waals surface area contributed by atoms with E-state index in [2.05, 4.69) is 36.4 Å². The molecule has 0 aromatic carbocycles. The van der Waals surface area contributed by atoms with Gasteiger partial charge in [-0.3, -0.25) is 0 Å². The van der Waals surface area contributed by atoms with Crippen LogP contribution >= 0.6 is 15.9 Å². The van der Waals surface area contributed by atoms with Gasteiger partial charge in [-0.05, 0) is 29.8 Å². The van der Waals surface area contributed by atoms with Crippen molar-refractivity contribution in [2.24, 2.45) is 5.84 Å². The van der Waals surface area contributed by atoms with Crippen molar-refractivity contribution < 1.29 is 4.74 Å². The standard InChI is InChI=1S/C11H15BrN6O/c1-6-11(12)7(2)18(17-6)10-4-8(16-13)14-9(15-10)5-19-3/h4H,5,13H2,1-3H3,(H,14,15,16). The lowest BCUT2D eigenvalue weighted by molar-refractivity contribution is 0.178. The van der Waals surface area contributed by atoms with Crippen LogP contribution in [0.15, 0.2) is 10.5 Å². The molecular formula is C11H15BrN6O. The van der Waals surface area contributed by atoms with Gasteiger partial charge in [-0.1, -0.05) is 0 Å². The Kier molecular flexibility index (Phi) is 4.13. The highest BCUT2D eigenvalue weighted by atomic mass is 79.9. The summed E-state index contributed by atoms with van der Waals surface area (Å²) in [5.74, 6) is 7.11. The Bertz CT molecular complexity index is 597. The quantitative estimate of drug-likeness (QED) is 0.653. The van der Waals surface area contributed by atoms with Crippen molar-refractivity contribution in [3.63, 3.8) is 0 Å². The molecule has 0 aliphatic heterocycles. The average molecular weight is 327 g/mol. The number of aryl methyl sites for hydroxylation is 1. The van der Waals surface area contributed by atoms with Gasteiger partial charge in [-0.25, -0.2) is 20.5 Å². The van der Waals surface area contributed by atoms with Gasteiger partial charge in [0.05, 0.1) is 15.9 Å². The van der Waals surface area contributed by atoms with Gasteiger partial charge in [0, 0.05) is 13.2 Å². The van der Waals surface area contributed by atoms with E-state index in [1.54, 1.807) is 17.9 Å². The zero-order valence-corrected chi connectivity index (χ0v) is 12.5. The van der Waals surface area contributed by atoms with Crippen molar-refractivity contribution in [1.29, 1.82) is 0 Å². The zero-order chi connectivity index (χ0) is 14.0. The molecule has 102 valence electrons. The number of aromatic nitrogens is 4. The minimum absolute atomic E-state index is 0.309. The molecule has 7 nitrogen and oxygen atoms in total. The third-order valence-electron chi connectivity index (χ3n) is 2.60. The second-order valence-electron chi connectivity index (χ2n) is 4.00. The lowest BCUT2D eigenvalue weighted by atomic mass is 10.4. The smallest absolute Gasteiger partial charge is 0.159 e. The molecule has 0 aliphatic carbocycles. The molecule has 0 spiro atoms. The van der Waals surface area contributed by atoms with Gasteiger partial charge in [0.2, 0.25) is 0 Å². The molecule has 0 atom stereocenters. The van der Waals surface area contributed by atoms with Gasteiger partial charge in [-0.15, -0.1) is 0 Å². The van der Waals surface area contributed by atoms with Crippen LogP contribution in [0.4, 0.5) is 5.82 Å². The minimum Gasteiger partial charge on any atom is -0.377 e. The third kappa shape index (κ3) is 2.75. The maximum Gasteiger partial charge on any atom is 0.159 e. The van der Waals surface area contributed by atoms with Crippen molar-refractivity contribution in [2.75, 3.05) is 12.5 Å². The highest BCUT2D eigenvalue weighted by Gasteiger charge is 2.13. The summed E-state index contributed by atoms with van der Waals surface area (Å²) in [4.78, 5) is 8.61. The number of hydrogen-bond donors (Lipinski definition) is 2. The molecule has 0 fully saturated rings. The van der Waals surface area contributed by atoms with E-state index >= 15 is 0 Å². The van der Waals surface area contributed by atoms with Gasteiger partial charge in [0.15, 0.2) is 11.6 Å². The first-order valence-electron chi connectivity index (χ1n) is 5.62. The van der Waals surface area contributed by atoms with Gasteiger partial charge < -0.3 is 10.2 Å². The van der Waals surface area contributed by atoms with Crippen LogP contribution in [0.3, 0.4) is 0 Å². The van der Waals surface area contributed by atoms with Crippen molar-refractivity contribution in [2.45, 2.75) is 20.5 Å². The monoisotopic (exact) mass is 326 g/mol. The number of ether oxygens (including phenoxy) is 1. The zero-order valence-electron chi connectivity index (χ0n) is 10.9.